The number of rotatable bonds is 7. The molecule has 5 aromatic heterocycles. The van der Waals surface area contributed by atoms with Gasteiger partial charge >= 0.3 is 0 Å². The molecule has 7 aromatic carbocycles. The summed E-state index contributed by atoms with van der Waals surface area (Å²) in [5.74, 6) is 0. The highest BCUT2D eigenvalue weighted by atomic mass is 15.0. The first-order valence-corrected chi connectivity index (χ1v) is 30.3. The van der Waals surface area contributed by atoms with Crippen LogP contribution in [-0.4, -0.2) is 0 Å². The zero-order chi connectivity index (χ0) is 71.4. The summed E-state index contributed by atoms with van der Waals surface area (Å²) in [5.41, 5.74) is 28.1. The summed E-state index contributed by atoms with van der Waals surface area (Å²) in [5, 5.41) is 0. The standard InChI is InChI=1S/2C20H20N.2C15H18N.C14H16N/c1-15-9-7-8-12-18(15)20-13-16(2)19(14-21(20)3)17-10-5-4-6-11-17;1-15-8-10-17(11-9-15)18-12-13-21(3)20(14-18)19-7-5-4-6-16(19)2;1-11-7-5-6-8-14(11)15-9-12(2)13(3)10-16(15)4;1-11-9-10-15(16(4)13(11)3)14-8-6-5-7-12(14)2;1-11-8-9-14(15(3)10-11)13-7-5-4-6-12(13)2/h2*4-14H,1-3H3;2*5-10H,1-4H3;4-10H,1-3H3/q5*+1/i;;3D3;2*1D3. The lowest BCUT2D eigenvalue weighted by atomic mass is 9.98. The first-order chi connectivity index (χ1) is 46.3. The number of aryl methyl sites for hydroxylation is 15. The Morgan fingerprint density at radius 1 is 0.247 bits per heavy atom. The van der Waals surface area contributed by atoms with Crippen LogP contribution < -0.4 is 22.8 Å². The molecule has 0 saturated carbocycles. The second-order valence-electron chi connectivity index (χ2n) is 23.1. The van der Waals surface area contributed by atoms with E-state index in [0.717, 1.165) is 45.0 Å². The monoisotopic (exact) mass is 1180 g/mol. The maximum absolute atomic E-state index is 7.55. The summed E-state index contributed by atoms with van der Waals surface area (Å²) in [6.45, 7) is 12.3. The molecular weight excluding hydrogens is 1080 g/mol. The van der Waals surface area contributed by atoms with Gasteiger partial charge in [-0.2, -0.15) is 4.57 Å². The quantitative estimate of drug-likeness (QED) is 0.142. The molecule has 0 aliphatic heterocycles. The van der Waals surface area contributed by atoms with E-state index in [4.69, 9.17) is 12.3 Å². The maximum Gasteiger partial charge on any atom is 0.213 e. The summed E-state index contributed by atoms with van der Waals surface area (Å²) in [6, 6.07) is 76.4. The number of aromatic nitrogens is 5. The van der Waals surface area contributed by atoms with Crippen molar-refractivity contribution in [3.05, 3.63) is 316 Å². The molecule has 0 N–H and O–H groups in total. The SMILES string of the molecule is Cc1cc(-c2ccccc2C)[n+](C)cc1-c1ccccc1.Cc1ccc(-c2cc[n+](C)c(-c3ccccc3C)c2)cc1.[2H]C([2H])([2H])c1c[n+](C)c(-c2ccccc2C)cc1C.[2H]C([2H])([2H])c1ccc(-c2ccccc2C)[n+](C)c1.[2H]C([2H])([2H])c1ccc(-c2ccccc2C)[n+](C)c1C. The van der Waals surface area contributed by atoms with Gasteiger partial charge in [-0.15, -0.1) is 0 Å². The topological polar surface area (TPSA) is 19.4 Å². The molecule has 0 bridgehead atoms. The van der Waals surface area contributed by atoms with Crippen LogP contribution in [0.2, 0.25) is 0 Å². The molecule has 89 heavy (non-hydrogen) atoms. The van der Waals surface area contributed by atoms with Crippen LogP contribution in [0.1, 0.15) is 79.2 Å². The van der Waals surface area contributed by atoms with Gasteiger partial charge in [-0.3, -0.25) is 0 Å². The summed E-state index contributed by atoms with van der Waals surface area (Å²) in [7, 11) is 9.88. The van der Waals surface area contributed by atoms with Gasteiger partial charge < -0.3 is 0 Å². The van der Waals surface area contributed by atoms with Gasteiger partial charge in [-0.1, -0.05) is 151 Å². The van der Waals surface area contributed by atoms with Crippen LogP contribution in [0.5, 0.6) is 0 Å². The molecule has 0 radical (unpaired) electrons. The van der Waals surface area contributed by atoms with Gasteiger partial charge in [0.1, 0.15) is 35.2 Å². The van der Waals surface area contributed by atoms with E-state index >= 15 is 0 Å². The molecule has 0 fully saturated rings. The summed E-state index contributed by atoms with van der Waals surface area (Å²) >= 11 is 0. The van der Waals surface area contributed by atoms with E-state index < -0.39 is 20.6 Å². The van der Waals surface area contributed by atoms with Crippen LogP contribution in [0.3, 0.4) is 0 Å². The van der Waals surface area contributed by atoms with Crippen LogP contribution >= 0.6 is 0 Å². The van der Waals surface area contributed by atoms with Crippen molar-refractivity contribution >= 4 is 0 Å². The average molecular weight is 1180 g/mol. The van der Waals surface area contributed by atoms with Gasteiger partial charge in [0.25, 0.3) is 0 Å². The molecule has 5 nitrogen and oxygen atoms in total. The third kappa shape index (κ3) is 16.5. The molecule has 0 aliphatic rings. The van der Waals surface area contributed by atoms with Crippen LogP contribution in [-0.2, 0) is 35.2 Å². The molecule has 448 valence electrons. The predicted octanol–water partition coefficient (Wildman–Crippen LogP) is 17.9. The zero-order valence-electron chi connectivity index (χ0n) is 63.4. The van der Waals surface area contributed by atoms with Crippen molar-refractivity contribution < 1.29 is 35.2 Å². The normalized spacial score (nSPS) is 12.4. The Morgan fingerprint density at radius 2 is 0.663 bits per heavy atom. The van der Waals surface area contributed by atoms with E-state index in [2.05, 4.69) is 223 Å². The molecule has 0 saturated heterocycles. The fourth-order valence-corrected chi connectivity index (χ4v) is 10.9. The molecule has 0 amide bonds. The highest BCUT2D eigenvalue weighted by Gasteiger charge is 2.19. The molecule has 0 spiro atoms. The Labute approximate surface area is 545 Å². The minimum atomic E-state index is -2.06. The van der Waals surface area contributed by atoms with Crippen molar-refractivity contribution in [3.63, 3.8) is 0 Å². The largest absolute Gasteiger partial charge is 0.213 e. The number of hydrogen-bond donors (Lipinski definition) is 0. The van der Waals surface area contributed by atoms with E-state index in [0.29, 0.717) is 16.7 Å². The van der Waals surface area contributed by atoms with Gasteiger partial charge in [0.2, 0.25) is 28.5 Å². The van der Waals surface area contributed by atoms with Gasteiger partial charge in [-0.05, 0) is 174 Å². The van der Waals surface area contributed by atoms with E-state index in [1.54, 1.807) is 24.5 Å². The Balaban J connectivity index is 0.000000156. The fraction of sp³-hybridized carbons (Fsp3) is 0.202. The first-order valence-electron chi connectivity index (χ1n) is 34.8. The third-order valence-corrected chi connectivity index (χ3v) is 16.5. The average Bonchev–Trinajstić information content (AvgIpc) is 0.816. The third-order valence-electron chi connectivity index (χ3n) is 16.5. The lowest BCUT2D eigenvalue weighted by Crippen LogP contribution is -2.35. The molecule has 12 rings (SSSR count). The number of pyridine rings is 5. The number of hydrogen-bond acceptors (Lipinski definition) is 0. The Morgan fingerprint density at radius 3 is 1.15 bits per heavy atom. The Hall–Kier alpha value is -9.71. The first kappa shape index (κ1) is 53.5. The van der Waals surface area contributed by atoms with Crippen molar-refractivity contribution in [2.75, 3.05) is 0 Å². The minimum absolute atomic E-state index is 0.363. The molecular formula is C84H92N5+5. The van der Waals surface area contributed by atoms with Crippen molar-refractivity contribution in [1.82, 2.24) is 0 Å². The fourth-order valence-electron chi connectivity index (χ4n) is 10.9. The van der Waals surface area contributed by atoms with E-state index in [9.17, 15) is 0 Å². The van der Waals surface area contributed by atoms with E-state index in [-0.39, 0.29) is 0 Å². The van der Waals surface area contributed by atoms with Crippen molar-refractivity contribution in [1.29, 1.82) is 0 Å². The van der Waals surface area contributed by atoms with Crippen LogP contribution in [0.15, 0.2) is 249 Å². The van der Waals surface area contributed by atoms with Crippen LogP contribution in [0.25, 0.3) is 78.5 Å². The molecule has 12 aromatic rings. The second-order valence-corrected chi connectivity index (χ2v) is 23.1. The van der Waals surface area contributed by atoms with Gasteiger partial charge in [0, 0.05) is 106 Å². The maximum atomic E-state index is 7.55. The minimum Gasteiger partial charge on any atom is -0.201 e. The van der Waals surface area contributed by atoms with Crippen molar-refractivity contribution in [2.45, 2.75) is 82.9 Å². The smallest absolute Gasteiger partial charge is 0.201 e. The molecule has 0 aliphatic carbocycles. The van der Waals surface area contributed by atoms with Gasteiger partial charge in [0.05, 0.1) is 0 Å². The highest BCUT2D eigenvalue weighted by Crippen LogP contribution is 2.29. The summed E-state index contributed by atoms with van der Waals surface area (Å²) in [4.78, 5) is 0. The predicted molar refractivity (Wildman–Crippen MR) is 373 cm³/mol. The van der Waals surface area contributed by atoms with Crippen molar-refractivity contribution in [3.8, 4) is 78.5 Å². The zero-order valence-corrected chi connectivity index (χ0v) is 54.4. The number of nitrogens with zero attached hydrogens (tertiary/aromatic N) is 5. The Kier molecular flexibility index (Phi) is 18.2. The van der Waals surface area contributed by atoms with Crippen molar-refractivity contribution in [2.24, 2.45) is 35.2 Å². The van der Waals surface area contributed by atoms with E-state index in [1.165, 1.54) is 83.7 Å². The van der Waals surface area contributed by atoms with Gasteiger partial charge in [-0.25, -0.2) is 18.3 Å². The molecule has 5 heteroatoms. The lowest BCUT2D eigenvalue weighted by molar-refractivity contribution is -0.667. The molecule has 0 atom stereocenters. The molecule has 0 unspecified atom stereocenters. The van der Waals surface area contributed by atoms with E-state index in [1.807, 2.05) is 122 Å². The lowest BCUT2D eigenvalue weighted by Gasteiger charge is -2.09. The van der Waals surface area contributed by atoms with Gasteiger partial charge in [0.15, 0.2) is 30.5 Å². The Bertz CT molecular complexity index is 4690. The number of benzene rings is 7. The van der Waals surface area contributed by atoms with Crippen LogP contribution in [0.4, 0.5) is 0 Å². The summed E-state index contributed by atoms with van der Waals surface area (Å²) in [6.07, 6.45) is 7.75. The molecule has 5 heterocycles. The second kappa shape index (κ2) is 30.3. The van der Waals surface area contributed by atoms with Crippen LogP contribution in [0, 0.1) is 82.9 Å². The highest BCUT2D eigenvalue weighted by molar-refractivity contribution is 5.72. The summed E-state index contributed by atoms with van der Waals surface area (Å²) < 4.78 is 77.6.